The monoisotopic (exact) mass is 417 g/mol. The summed E-state index contributed by atoms with van der Waals surface area (Å²) in [6.07, 6.45) is 7.05. The summed E-state index contributed by atoms with van der Waals surface area (Å²) in [7, 11) is 1.82. The molecule has 7 heteroatoms. The Morgan fingerprint density at radius 3 is 2.58 bits per heavy atom. The molecule has 1 atom stereocenters. The first-order valence-electron chi connectivity index (χ1n) is 10.9. The molecule has 0 radical (unpaired) electrons. The van der Waals surface area contributed by atoms with E-state index in [1.54, 1.807) is 52.1 Å². The average Bonchev–Trinajstić information content (AvgIpc) is 3.45. The number of hydrogen-bond donors (Lipinski definition) is 0. The SMILES string of the molecule is [2H]C([2H])(F)C(c1ccccc1)n1cc(-c2cnn(C)c2)c2ncc(-c3c(C)noc3C)cc21. The second-order valence-corrected chi connectivity index (χ2v) is 7.57. The van der Waals surface area contributed by atoms with Gasteiger partial charge in [-0.1, -0.05) is 35.5 Å². The molecule has 0 fully saturated rings. The fourth-order valence-electron chi connectivity index (χ4n) is 4.06. The minimum atomic E-state index is -3.03. The van der Waals surface area contributed by atoms with Gasteiger partial charge in [0.1, 0.15) is 12.4 Å². The lowest BCUT2D eigenvalue weighted by atomic mass is 10.0. The van der Waals surface area contributed by atoms with Crippen LogP contribution in [-0.4, -0.2) is 31.1 Å². The van der Waals surface area contributed by atoms with Crippen molar-refractivity contribution >= 4 is 11.0 Å². The van der Waals surface area contributed by atoms with Crippen molar-refractivity contribution in [3.8, 4) is 22.3 Å². The Kier molecular flexibility index (Phi) is 4.11. The van der Waals surface area contributed by atoms with Crippen molar-refractivity contribution in [2.24, 2.45) is 7.05 Å². The molecule has 4 heterocycles. The molecule has 0 aliphatic rings. The predicted molar refractivity (Wildman–Crippen MR) is 117 cm³/mol. The minimum Gasteiger partial charge on any atom is -0.361 e. The van der Waals surface area contributed by atoms with Crippen LogP contribution in [0.1, 0.15) is 25.8 Å². The molecule has 0 N–H and O–H groups in total. The van der Waals surface area contributed by atoms with Crippen molar-refractivity contribution in [1.29, 1.82) is 0 Å². The zero-order valence-corrected chi connectivity index (χ0v) is 17.4. The van der Waals surface area contributed by atoms with E-state index in [1.807, 2.05) is 39.2 Å². The van der Waals surface area contributed by atoms with Crippen molar-refractivity contribution in [1.82, 2.24) is 24.5 Å². The first-order valence-corrected chi connectivity index (χ1v) is 9.90. The summed E-state index contributed by atoms with van der Waals surface area (Å²) in [4.78, 5) is 4.71. The van der Waals surface area contributed by atoms with Gasteiger partial charge in [-0.25, -0.2) is 4.39 Å². The average molecular weight is 417 g/mol. The summed E-state index contributed by atoms with van der Waals surface area (Å²) in [6, 6.07) is 9.49. The van der Waals surface area contributed by atoms with E-state index < -0.39 is 12.7 Å². The molecule has 0 aliphatic carbocycles. The van der Waals surface area contributed by atoms with Crippen LogP contribution in [-0.2, 0) is 7.05 Å². The second-order valence-electron chi connectivity index (χ2n) is 7.57. The van der Waals surface area contributed by atoms with Gasteiger partial charge in [0.15, 0.2) is 0 Å². The van der Waals surface area contributed by atoms with Gasteiger partial charge in [-0.2, -0.15) is 5.10 Å². The predicted octanol–water partition coefficient (Wildman–Crippen LogP) is 5.27. The van der Waals surface area contributed by atoms with E-state index >= 15 is 4.39 Å². The third kappa shape index (κ3) is 3.22. The highest BCUT2D eigenvalue weighted by Gasteiger charge is 2.22. The molecular formula is C24H22FN5O. The smallest absolute Gasteiger partial charge is 0.141 e. The van der Waals surface area contributed by atoms with Crippen molar-refractivity contribution in [3.63, 3.8) is 0 Å². The summed E-state index contributed by atoms with van der Waals surface area (Å²) in [6.45, 7) is 0.647. The molecule has 0 amide bonds. The maximum Gasteiger partial charge on any atom is 0.141 e. The number of halogens is 1. The summed E-state index contributed by atoms with van der Waals surface area (Å²) in [5.41, 5.74) is 5.60. The molecule has 4 aromatic heterocycles. The van der Waals surface area contributed by atoms with E-state index in [0.29, 0.717) is 22.4 Å². The van der Waals surface area contributed by atoms with Gasteiger partial charge in [0.2, 0.25) is 0 Å². The van der Waals surface area contributed by atoms with E-state index in [4.69, 9.17) is 12.2 Å². The highest BCUT2D eigenvalue weighted by molar-refractivity contribution is 5.95. The van der Waals surface area contributed by atoms with Gasteiger partial charge in [0, 0.05) is 47.9 Å². The van der Waals surface area contributed by atoms with Crippen LogP contribution in [0.25, 0.3) is 33.3 Å². The largest absolute Gasteiger partial charge is 0.361 e. The fraction of sp³-hybridized carbons (Fsp3) is 0.208. The number of fused-ring (bicyclic) bond motifs is 1. The van der Waals surface area contributed by atoms with E-state index in [2.05, 4.69) is 10.3 Å². The second kappa shape index (κ2) is 7.50. The molecule has 0 bridgehead atoms. The Morgan fingerprint density at radius 1 is 1.13 bits per heavy atom. The standard InChI is InChI=1S/C24H22FN5O/c1-15-23(16(2)31-28-15)18-9-21-24(26-11-18)20(19-12-27-29(3)13-19)14-30(21)22(10-25)17-7-5-4-6-8-17/h4-9,11-14,22H,10H2,1-3H3/i10D2. The third-order valence-electron chi connectivity index (χ3n) is 5.50. The number of hydrogen-bond acceptors (Lipinski definition) is 4. The number of nitrogens with zero attached hydrogens (tertiary/aromatic N) is 5. The zero-order chi connectivity index (χ0) is 23.3. The van der Waals surface area contributed by atoms with Crippen molar-refractivity contribution in [2.75, 3.05) is 6.63 Å². The summed E-state index contributed by atoms with van der Waals surface area (Å²) in [5, 5.41) is 8.29. The van der Waals surface area contributed by atoms with Gasteiger partial charge < -0.3 is 9.09 Å². The van der Waals surface area contributed by atoms with Crippen molar-refractivity contribution in [2.45, 2.75) is 19.9 Å². The van der Waals surface area contributed by atoms with Gasteiger partial charge >= 0.3 is 0 Å². The number of rotatable bonds is 5. The van der Waals surface area contributed by atoms with Gasteiger partial charge in [0.25, 0.3) is 0 Å². The Bertz CT molecular complexity index is 1430. The lowest BCUT2D eigenvalue weighted by Crippen LogP contribution is -2.11. The van der Waals surface area contributed by atoms with Gasteiger partial charge in [-0.05, 0) is 25.5 Å². The maximum absolute atomic E-state index is 15.1. The quantitative estimate of drug-likeness (QED) is 0.391. The van der Waals surface area contributed by atoms with Crippen LogP contribution in [0.3, 0.4) is 0 Å². The highest BCUT2D eigenvalue weighted by atomic mass is 19.1. The van der Waals surface area contributed by atoms with Crippen LogP contribution in [0.2, 0.25) is 0 Å². The van der Waals surface area contributed by atoms with Crippen molar-refractivity contribution < 1.29 is 11.7 Å². The number of aryl methyl sites for hydroxylation is 3. The summed E-state index contributed by atoms with van der Waals surface area (Å²) < 4.78 is 39.8. The molecule has 0 spiro atoms. The normalized spacial score (nSPS) is 13.9. The third-order valence-corrected chi connectivity index (χ3v) is 5.50. The summed E-state index contributed by atoms with van der Waals surface area (Å²) in [5.74, 6) is 0.652. The van der Waals surface area contributed by atoms with Gasteiger partial charge in [0.05, 0.1) is 31.7 Å². The topological polar surface area (TPSA) is 61.7 Å². The van der Waals surface area contributed by atoms with Gasteiger partial charge in [-0.15, -0.1) is 0 Å². The van der Waals surface area contributed by atoms with Crippen LogP contribution < -0.4 is 0 Å². The highest BCUT2D eigenvalue weighted by Crippen LogP contribution is 2.36. The minimum absolute atomic E-state index is 0.516. The Labute approximate surface area is 181 Å². The number of aromatic nitrogens is 5. The lowest BCUT2D eigenvalue weighted by molar-refractivity contribution is 0.393. The van der Waals surface area contributed by atoms with Gasteiger partial charge in [-0.3, -0.25) is 9.67 Å². The molecule has 6 nitrogen and oxygen atoms in total. The van der Waals surface area contributed by atoms with Crippen LogP contribution in [0.5, 0.6) is 0 Å². The molecule has 31 heavy (non-hydrogen) atoms. The Hall–Kier alpha value is -3.74. The van der Waals surface area contributed by atoms with Crippen LogP contribution in [0.4, 0.5) is 4.39 Å². The number of benzene rings is 1. The Morgan fingerprint density at radius 2 is 1.94 bits per heavy atom. The summed E-state index contributed by atoms with van der Waals surface area (Å²) >= 11 is 0. The van der Waals surface area contributed by atoms with Crippen LogP contribution in [0.15, 0.2) is 65.7 Å². The van der Waals surface area contributed by atoms with E-state index in [9.17, 15) is 0 Å². The molecule has 0 saturated heterocycles. The van der Waals surface area contributed by atoms with E-state index in [0.717, 1.165) is 27.9 Å². The fourth-order valence-corrected chi connectivity index (χ4v) is 4.06. The molecule has 0 aliphatic heterocycles. The van der Waals surface area contributed by atoms with Crippen LogP contribution >= 0.6 is 0 Å². The lowest BCUT2D eigenvalue weighted by Gasteiger charge is -2.17. The first-order chi connectivity index (χ1) is 15.7. The molecule has 0 saturated carbocycles. The van der Waals surface area contributed by atoms with Crippen molar-refractivity contribution in [3.05, 3.63) is 78.2 Å². The molecule has 1 unspecified atom stereocenters. The van der Waals surface area contributed by atoms with E-state index in [-0.39, 0.29) is 0 Å². The molecule has 5 aromatic rings. The first kappa shape index (κ1) is 17.0. The van der Waals surface area contributed by atoms with E-state index in [1.165, 1.54) is 0 Å². The Balaban J connectivity index is 1.82. The van der Waals surface area contributed by atoms with Crippen LogP contribution in [0, 0.1) is 13.8 Å². The maximum atomic E-state index is 15.1. The number of alkyl halides is 1. The molecular weight excluding hydrogens is 393 g/mol. The molecule has 5 rings (SSSR count). The zero-order valence-electron chi connectivity index (χ0n) is 19.4. The molecule has 1 aromatic carbocycles. The number of pyridine rings is 1. The molecule has 156 valence electrons.